The summed E-state index contributed by atoms with van der Waals surface area (Å²) in [5.74, 6) is 0. The first kappa shape index (κ1) is 12.2. The molecule has 1 aromatic rings. The number of hydrogen-bond acceptors (Lipinski definition) is 1. The largest absolute Gasteiger partial charge is 0.269 e. The highest BCUT2D eigenvalue weighted by Gasteiger charge is 2.19. The van der Waals surface area contributed by atoms with Gasteiger partial charge in [0.05, 0.1) is 24.8 Å². The van der Waals surface area contributed by atoms with Crippen LogP contribution in [0.25, 0.3) is 0 Å². The molecule has 1 aromatic heterocycles. The van der Waals surface area contributed by atoms with E-state index in [-0.39, 0.29) is 0 Å². The lowest BCUT2D eigenvalue weighted by atomic mass is 10.1. The smallest absolute Gasteiger partial charge is 0.158 e. The summed E-state index contributed by atoms with van der Waals surface area (Å²) in [5.41, 5.74) is 1.78. The van der Waals surface area contributed by atoms with Gasteiger partial charge in [0.1, 0.15) is 12.4 Å². The molecule has 0 aliphatic carbocycles. The molecule has 3 heteroatoms. The standard InChI is InChI=1S/C17H15N3/c1-19-12-5-3-10-16(19)14-8-7-9-15(18-14)17-11-4-6-13-20(17)2/h3-13H,1-2H2. The van der Waals surface area contributed by atoms with E-state index in [1.807, 2.05) is 76.2 Å². The normalized spacial score (nSPS) is 17.2. The van der Waals surface area contributed by atoms with Gasteiger partial charge in [-0.15, -0.1) is 18.2 Å². The fourth-order valence-electron chi connectivity index (χ4n) is 2.14. The third-order valence-electron chi connectivity index (χ3n) is 3.16. The fraction of sp³-hybridized carbons (Fsp3) is 0. The van der Waals surface area contributed by atoms with Gasteiger partial charge in [0.25, 0.3) is 0 Å². The lowest BCUT2D eigenvalue weighted by Gasteiger charge is -2.19. The molecule has 0 N–H and O–H groups in total. The van der Waals surface area contributed by atoms with Crippen LogP contribution in [-0.4, -0.2) is 27.6 Å². The first-order valence-corrected chi connectivity index (χ1v) is 6.36. The Morgan fingerprint density at radius 3 is 1.75 bits per heavy atom. The van der Waals surface area contributed by atoms with Gasteiger partial charge in [-0.2, -0.15) is 0 Å². The van der Waals surface area contributed by atoms with Crippen LogP contribution in [-0.2, 0) is 0 Å². The first-order valence-electron chi connectivity index (χ1n) is 6.36. The fourth-order valence-corrected chi connectivity index (χ4v) is 2.14. The Balaban J connectivity index is 1.94. The molecule has 0 unspecified atom stereocenters. The molecule has 2 aliphatic rings. The van der Waals surface area contributed by atoms with E-state index >= 15 is 0 Å². The summed E-state index contributed by atoms with van der Waals surface area (Å²) < 4.78 is 3.63. The molecule has 0 saturated carbocycles. The molecule has 0 atom stereocenters. The third-order valence-corrected chi connectivity index (χ3v) is 3.16. The van der Waals surface area contributed by atoms with Crippen LogP contribution in [0, 0.1) is 12.1 Å². The minimum atomic E-state index is 0.891. The van der Waals surface area contributed by atoms with Crippen LogP contribution in [0.15, 0.2) is 67.1 Å². The van der Waals surface area contributed by atoms with Gasteiger partial charge < -0.3 is 0 Å². The molecule has 2 aliphatic heterocycles. The van der Waals surface area contributed by atoms with Crippen molar-refractivity contribution < 1.29 is 9.15 Å². The molecule has 3 heterocycles. The minimum absolute atomic E-state index is 0.891. The molecule has 0 spiro atoms. The van der Waals surface area contributed by atoms with E-state index in [1.54, 1.807) is 0 Å². The van der Waals surface area contributed by atoms with Gasteiger partial charge in [-0.05, 0) is 0 Å². The van der Waals surface area contributed by atoms with Crippen LogP contribution in [0.3, 0.4) is 0 Å². The van der Waals surface area contributed by atoms with Gasteiger partial charge in [-0.1, -0.05) is 36.4 Å². The molecule has 0 fully saturated rings. The predicted molar refractivity (Wildman–Crippen MR) is 80.2 cm³/mol. The zero-order chi connectivity index (χ0) is 13.9. The summed E-state index contributed by atoms with van der Waals surface area (Å²) in [6.45, 7) is 7.95. The summed E-state index contributed by atoms with van der Waals surface area (Å²) in [6.07, 6.45) is 15.7. The van der Waals surface area contributed by atoms with E-state index < -0.39 is 0 Å². The Morgan fingerprint density at radius 1 is 0.800 bits per heavy atom. The van der Waals surface area contributed by atoms with E-state index in [0.717, 1.165) is 23.5 Å². The van der Waals surface area contributed by atoms with Crippen LogP contribution in [0.2, 0.25) is 0 Å². The second-order valence-corrected chi connectivity index (χ2v) is 4.52. The highest BCUT2D eigenvalue weighted by Crippen LogP contribution is 2.23. The molecule has 0 saturated heterocycles. The van der Waals surface area contributed by atoms with Crippen molar-refractivity contribution >= 4 is 13.4 Å². The molecule has 0 bridgehead atoms. The van der Waals surface area contributed by atoms with Crippen LogP contribution in [0.1, 0.15) is 11.4 Å². The van der Waals surface area contributed by atoms with Crippen LogP contribution in [0.5, 0.6) is 0 Å². The Hall–Kier alpha value is -2.81. The maximum atomic E-state index is 4.71. The van der Waals surface area contributed by atoms with Crippen molar-refractivity contribution in [2.75, 3.05) is 0 Å². The van der Waals surface area contributed by atoms with Crippen molar-refractivity contribution in [3.05, 3.63) is 90.5 Å². The zero-order valence-corrected chi connectivity index (χ0v) is 11.1. The van der Waals surface area contributed by atoms with Gasteiger partial charge in [0, 0.05) is 0 Å². The van der Waals surface area contributed by atoms with E-state index in [9.17, 15) is 0 Å². The van der Waals surface area contributed by atoms with Crippen molar-refractivity contribution in [2.45, 2.75) is 0 Å². The molecule has 0 aromatic carbocycles. The van der Waals surface area contributed by atoms with E-state index in [2.05, 4.69) is 13.4 Å². The Kier molecular flexibility index (Phi) is 3.09. The summed E-state index contributed by atoms with van der Waals surface area (Å²) in [6, 6.07) is 7.91. The highest BCUT2D eigenvalue weighted by molar-refractivity contribution is 5.39. The molecule has 0 amide bonds. The molecular formula is C17H15N3. The van der Waals surface area contributed by atoms with Gasteiger partial charge in [0.15, 0.2) is 12.1 Å². The average Bonchev–Trinajstić information content (AvgIpc) is 2.48. The van der Waals surface area contributed by atoms with E-state index in [0.29, 0.717) is 0 Å². The Labute approximate surface area is 118 Å². The topological polar surface area (TPSA) is 18.9 Å². The molecular weight excluding hydrogens is 246 g/mol. The lowest BCUT2D eigenvalue weighted by molar-refractivity contribution is -0.420. The molecule has 3 nitrogen and oxygen atoms in total. The van der Waals surface area contributed by atoms with Crippen LogP contribution < -0.4 is 0 Å². The number of allylic oxidation sites excluding steroid dienone is 4. The van der Waals surface area contributed by atoms with Gasteiger partial charge in [-0.25, -0.2) is 0 Å². The van der Waals surface area contributed by atoms with Gasteiger partial charge in [0.2, 0.25) is 0 Å². The van der Waals surface area contributed by atoms with Crippen LogP contribution in [0.4, 0.5) is 0 Å². The van der Waals surface area contributed by atoms with Gasteiger partial charge in [-0.3, -0.25) is 14.1 Å². The monoisotopic (exact) mass is 261 g/mol. The third kappa shape index (κ3) is 2.21. The van der Waals surface area contributed by atoms with Crippen LogP contribution >= 0.6 is 0 Å². The summed E-state index contributed by atoms with van der Waals surface area (Å²) >= 11 is 0. The SMILES string of the molecule is C=[N+]1C=CC=C[C-]1c1cccc([C-]2C=CC=C[N+]2=C)n1. The first-order chi connectivity index (χ1) is 9.75. The Morgan fingerprint density at radius 2 is 1.30 bits per heavy atom. The molecule has 20 heavy (non-hydrogen) atoms. The van der Waals surface area contributed by atoms with Crippen molar-refractivity contribution in [3.8, 4) is 0 Å². The Bertz CT molecular complexity index is 622. The number of nitrogens with zero attached hydrogens (tertiary/aromatic N) is 3. The van der Waals surface area contributed by atoms with Crippen molar-refractivity contribution in [3.63, 3.8) is 0 Å². The molecule has 3 rings (SSSR count). The predicted octanol–water partition coefficient (Wildman–Crippen LogP) is 2.43. The van der Waals surface area contributed by atoms with Gasteiger partial charge >= 0.3 is 0 Å². The zero-order valence-electron chi connectivity index (χ0n) is 11.1. The van der Waals surface area contributed by atoms with E-state index in [1.165, 1.54) is 0 Å². The second-order valence-electron chi connectivity index (χ2n) is 4.52. The summed E-state index contributed by atoms with van der Waals surface area (Å²) in [4.78, 5) is 4.71. The summed E-state index contributed by atoms with van der Waals surface area (Å²) in [7, 11) is 0. The van der Waals surface area contributed by atoms with Crippen molar-refractivity contribution in [1.29, 1.82) is 0 Å². The summed E-state index contributed by atoms with van der Waals surface area (Å²) in [5, 5.41) is 0. The molecule has 0 radical (unpaired) electrons. The average molecular weight is 261 g/mol. The number of pyridine rings is 1. The maximum Gasteiger partial charge on any atom is 0.158 e. The molecule has 98 valence electrons. The number of aromatic nitrogens is 1. The van der Waals surface area contributed by atoms with Crippen molar-refractivity contribution in [1.82, 2.24) is 4.98 Å². The lowest BCUT2D eigenvalue weighted by Crippen LogP contribution is -2.18. The number of hydrogen-bond donors (Lipinski definition) is 0. The second kappa shape index (κ2) is 5.05. The van der Waals surface area contributed by atoms with E-state index in [4.69, 9.17) is 4.98 Å². The maximum absolute atomic E-state index is 4.71. The number of rotatable bonds is 2. The quantitative estimate of drug-likeness (QED) is 0.591. The minimum Gasteiger partial charge on any atom is -0.269 e. The van der Waals surface area contributed by atoms with Crippen molar-refractivity contribution in [2.24, 2.45) is 0 Å². The highest BCUT2D eigenvalue weighted by atomic mass is 15.0.